The number of ether oxygens (including phenoxy) is 1. The molecule has 0 aliphatic heterocycles. The van der Waals surface area contributed by atoms with Crippen LogP contribution in [0.25, 0.3) is 0 Å². The van der Waals surface area contributed by atoms with Gasteiger partial charge in [-0.3, -0.25) is 0 Å². The molecule has 0 radical (unpaired) electrons. The highest BCUT2D eigenvalue weighted by molar-refractivity contribution is 5.32. The van der Waals surface area contributed by atoms with Gasteiger partial charge < -0.3 is 4.74 Å². The Labute approximate surface area is 223 Å². The van der Waals surface area contributed by atoms with Crippen molar-refractivity contribution in [1.82, 2.24) is 0 Å². The van der Waals surface area contributed by atoms with Crippen molar-refractivity contribution in [3.8, 4) is 0 Å². The van der Waals surface area contributed by atoms with E-state index in [0.29, 0.717) is 23.7 Å². The second-order valence-electron chi connectivity index (χ2n) is 12.4. The average Bonchev–Trinajstić information content (AvgIpc) is 2.94. The third kappa shape index (κ3) is 6.29. The van der Waals surface area contributed by atoms with E-state index in [1.165, 1.54) is 37.7 Å². The Hall–Kier alpha value is -1.74. The van der Waals surface area contributed by atoms with E-state index in [0.717, 1.165) is 80.6 Å². The number of rotatable bonds is 7. The molecule has 2 aromatic rings. The predicted octanol–water partition coefficient (Wildman–Crippen LogP) is 10.0. The molecule has 0 N–H and O–H groups in total. The molecule has 37 heavy (non-hydrogen) atoms. The number of benzene rings is 2. The van der Waals surface area contributed by atoms with Crippen molar-refractivity contribution in [3.63, 3.8) is 0 Å². The second kappa shape index (κ2) is 12.4. The molecule has 0 aromatic heterocycles. The van der Waals surface area contributed by atoms with E-state index in [9.17, 15) is 0 Å². The number of halogens is 2. The SMILES string of the molecule is CCC1CCC(c2ccc(C3CCC(c4ccc(C5CCC(COC)CC5)cc4F)CC3)cc2F)CC1. The molecule has 0 bridgehead atoms. The largest absolute Gasteiger partial charge is 0.384 e. The topological polar surface area (TPSA) is 9.23 Å². The maximum atomic E-state index is 15.3. The molecule has 3 fully saturated rings. The van der Waals surface area contributed by atoms with Gasteiger partial charge in [-0.2, -0.15) is 0 Å². The normalized spacial score (nSPS) is 30.8. The van der Waals surface area contributed by atoms with Crippen molar-refractivity contribution >= 4 is 0 Å². The van der Waals surface area contributed by atoms with Crippen molar-refractivity contribution in [1.29, 1.82) is 0 Å². The van der Waals surface area contributed by atoms with Gasteiger partial charge in [-0.15, -0.1) is 0 Å². The molecule has 3 saturated carbocycles. The van der Waals surface area contributed by atoms with Gasteiger partial charge in [0.1, 0.15) is 11.6 Å². The number of methoxy groups -OCH3 is 1. The first-order valence-corrected chi connectivity index (χ1v) is 15.1. The first kappa shape index (κ1) is 26.9. The van der Waals surface area contributed by atoms with E-state index < -0.39 is 0 Å². The molecule has 0 heterocycles. The van der Waals surface area contributed by atoms with E-state index in [4.69, 9.17) is 4.74 Å². The summed E-state index contributed by atoms with van der Waals surface area (Å²) in [6.07, 6.45) is 14.6. The quantitative estimate of drug-likeness (QED) is 0.361. The molecule has 1 nitrogen and oxygen atoms in total. The first-order chi connectivity index (χ1) is 18.1. The molecule has 2 aromatic carbocycles. The van der Waals surface area contributed by atoms with Crippen molar-refractivity contribution in [2.75, 3.05) is 13.7 Å². The van der Waals surface area contributed by atoms with Gasteiger partial charge in [0, 0.05) is 13.7 Å². The molecule has 0 spiro atoms. The molecule has 202 valence electrons. The van der Waals surface area contributed by atoms with Gasteiger partial charge in [0.15, 0.2) is 0 Å². The summed E-state index contributed by atoms with van der Waals surface area (Å²) in [6.45, 7) is 3.12. The Morgan fingerprint density at radius 2 is 1.00 bits per heavy atom. The third-order valence-corrected chi connectivity index (χ3v) is 10.3. The maximum absolute atomic E-state index is 15.3. The van der Waals surface area contributed by atoms with Crippen LogP contribution >= 0.6 is 0 Å². The van der Waals surface area contributed by atoms with Gasteiger partial charge in [0.2, 0.25) is 0 Å². The van der Waals surface area contributed by atoms with Crippen LogP contribution in [0.2, 0.25) is 0 Å². The zero-order valence-corrected chi connectivity index (χ0v) is 23.0. The molecule has 3 aliphatic carbocycles. The van der Waals surface area contributed by atoms with Crippen LogP contribution in [0.5, 0.6) is 0 Å². The van der Waals surface area contributed by atoms with Gasteiger partial charge in [-0.1, -0.05) is 37.6 Å². The van der Waals surface area contributed by atoms with E-state index in [2.05, 4.69) is 31.2 Å². The van der Waals surface area contributed by atoms with Crippen LogP contribution in [-0.4, -0.2) is 13.7 Å². The summed E-state index contributed by atoms with van der Waals surface area (Å²) in [7, 11) is 1.78. The Balaban J connectivity index is 1.16. The summed E-state index contributed by atoms with van der Waals surface area (Å²) in [5.74, 6) is 3.00. The second-order valence-corrected chi connectivity index (χ2v) is 12.4. The fourth-order valence-corrected chi connectivity index (χ4v) is 7.77. The number of hydrogen-bond donors (Lipinski definition) is 0. The molecular formula is C34H46F2O. The van der Waals surface area contributed by atoms with Crippen LogP contribution in [-0.2, 0) is 4.74 Å². The van der Waals surface area contributed by atoms with Crippen LogP contribution in [0.1, 0.15) is 136 Å². The summed E-state index contributed by atoms with van der Waals surface area (Å²) in [6, 6.07) is 12.2. The summed E-state index contributed by atoms with van der Waals surface area (Å²) >= 11 is 0. The lowest BCUT2D eigenvalue weighted by Crippen LogP contribution is -2.18. The molecular weight excluding hydrogens is 462 g/mol. The fourth-order valence-electron chi connectivity index (χ4n) is 7.77. The van der Waals surface area contributed by atoms with Gasteiger partial charge in [0.05, 0.1) is 0 Å². The van der Waals surface area contributed by atoms with E-state index in [1.807, 2.05) is 12.1 Å². The van der Waals surface area contributed by atoms with Crippen molar-refractivity contribution < 1.29 is 13.5 Å². The minimum Gasteiger partial charge on any atom is -0.384 e. The van der Waals surface area contributed by atoms with Crippen LogP contribution in [0.4, 0.5) is 8.78 Å². The minimum atomic E-state index is -0.0202. The molecule has 5 rings (SSSR count). The summed E-state index contributed by atoms with van der Waals surface area (Å²) < 4.78 is 35.7. The summed E-state index contributed by atoms with van der Waals surface area (Å²) in [5.41, 5.74) is 4.13. The summed E-state index contributed by atoms with van der Waals surface area (Å²) in [4.78, 5) is 0. The Morgan fingerprint density at radius 1 is 0.595 bits per heavy atom. The third-order valence-electron chi connectivity index (χ3n) is 10.3. The molecule has 0 atom stereocenters. The molecule has 0 saturated heterocycles. The zero-order chi connectivity index (χ0) is 25.8. The van der Waals surface area contributed by atoms with Gasteiger partial charge in [-0.05, 0) is 147 Å². The van der Waals surface area contributed by atoms with Crippen LogP contribution < -0.4 is 0 Å². The Morgan fingerprint density at radius 3 is 1.43 bits per heavy atom. The molecule has 0 amide bonds. The van der Waals surface area contributed by atoms with Gasteiger partial charge in [0.25, 0.3) is 0 Å². The van der Waals surface area contributed by atoms with E-state index in [-0.39, 0.29) is 17.6 Å². The highest BCUT2D eigenvalue weighted by Crippen LogP contribution is 2.44. The van der Waals surface area contributed by atoms with E-state index >= 15 is 8.78 Å². The smallest absolute Gasteiger partial charge is 0.126 e. The maximum Gasteiger partial charge on any atom is 0.126 e. The number of hydrogen-bond acceptors (Lipinski definition) is 1. The highest BCUT2D eigenvalue weighted by atomic mass is 19.1. The predicted molar refractivity (Wildman–Crippen MR) is 148 cm³/mol. The van der Waals surface area contributed by atoms with Crippen LogP contribution in [0.3, 0.4) is 0 Å². The molecule has 3 heteroatoms. The Kier molecular flexibility index (Phi) is 9.01. The molecule has 3 aliphatic rings. The van der Waals surface area contributed by atoms with Gasteiger partial charge in [-0.25, -0.2) is 8.78 Å². The van der Waals surface area contributed by atoms with Gasteiger partial charge >= 0.3 is 0 Å². The minimum absolute atomic E-state index is 0.00235. The monoisotopic (exact) mass is 508 g/mol. The Bertz CT molecular complexity index is 1010. The zero-order valence-electron chi connectivity index (χ0n) is 23.0. The lowest BCUT2D eigenvalue weighted by atomic mass is 9.74. The molecule has 0 unspecified atom stereocenters. The van der Waals surface area contributed by atoms with Crippen molar-refractivity contribution in [2.24, 2.45) is 11.8 Å². The average molecular weight is 509 g/mol. The lowest BCUT2D eigenvalue weighted by molar-refractivity contribution is 0.127. The fraction of sp³-hybridized carbons (Fsp3) is 0.647. The van der Waals surface area contributed by atoms with E-state index in [1.54, 1.807) is 7.11 Å². The van der Waals surface area contributed by atoms with Crippen molar-refractivity contribution in [2.45, 2.75) is 114 Å². The summed E-state index contributed by atoms with van der Waals surface area (Å²) in [5, 5.41) is 0. The van der Waals surface area contributed by atoms with Crippen LogP contribution in [0, 0.1) is 23.5 Å². The van der Waals surface area contributed by atoms with Crippen molar-refractivity contribution in [3.05, 3.63) is 70.3 Å². The first-order valence-electron chi connectivity index (χ1n) is 15.1. The lowest BCUT2D eigenvalue weighted by Gasteiger charge is -2.31. The van der Waals surface area contributed by atoms with Crippen LogP contribution in [0.15, 0.2) is 36.4 Å². The highest BCUT2D eigenvalue weighted by Gasteiger charge is 2.29. The standard InChI is InChI=1S/C34H46F2O/c1-3-23-4-10-27(11-5-23)31-18-17-30(21-33(31)35)26-12-14-28(15-13-26)32-19-16-29(20-34(32)36)25-8-6-24(7-9-25)22-37-2/h16-21,23-28H,3-15,22H2,1-2H3.